The van der Waals surface area contributed by atoms with E-state index in [1.54, 1.807) is 6.07 Å². The Balaban J connectivity index is 2.40. The van der Waals surface area contributed by atoms with Gasteiger partial charge < -0.3 is 4.18 Å². The third-order valence-electron chi connectivity index (χ3n) is 2.79. The zero-order valence-corrected chi connectivity index (χ0v) is 13.8. The molecule has 0 aliphatic rings. The zero-order chi connectivity index (χ0) is 16.3. The maximum atomic E-state index is 12.2. The number of ketones is 1. The SMILES string of the molecule is CC(=O)c1cc(Br)ccc1OS(=O)(=O)c1ccc(C#N)cc1. The predicted octanol–water partition coefficient (Wildman–Crippen LogP) is 3.29. The van der Waals surface area contributed by atoms with Gasteiger partial charge in [-0.3, -0.25) is 4.79 Å². The van der Waals surface area contributed by atoms with Crippen molar-refractivity contribution in [2.45, 2.75) is 11.8 Å². The average molecular weight is 380 g/mol. The Hall–Kier alpha value is -2.17. The summed E-state index contributed by atoms with van der Waals surface area (Å²) in [6.45, 7) is 1.32. The van der Waals surface area contributed by atoms with E-state index in [-0.39, 0.29) is 22.0 Å². The van der Waals surface area contributed by atoms with Gasteiger partial charge in [-0.25, -0.2) is 0 Å². The Bertz CT molecular complexity index is 867. The van der Waals surface area contributed by atoms with Gasteiger partial charge >= 0.3 is 10.1 Å². The first kappa shape index (κ1) is 16.2. The first-order chi connectivity index (χ1) is 10.3. The summed E-state index contributed by atoms with van der Waals surface area (Å²) in [7, 11) is -4.08. The standard InChI is InChI=1S/C15H10BrNO4S/c1-10(18)14-8-12(16)4-7-15(14)21-22(19,20)13-5-2-11(9-17)3-6-13/h2-8H,1H3. The van der Waals surface area contributed by atoms with Gasteiger partial charge in [-0.15, -0.1) is 0 Å². The summed E-state index contributed by atoms with van der Waals surface area (Å²) >= 11 is 3.22. The number of Topliss-reactive ketones (excluding diaryl/α,β-unsaturated/α-hetero) is 1. The molecule has 0 aliphatic carbocycles. The van der Waals surface area contributed by atoms with Crippen LogP contribution in [0, 0.1) is 11.3 Å². The third kappa shape index (κ3) is 3.53. The number of hydrogen-bond acceptors (Lipinski definition) is 5. The highest BCUT2D eigenvalue weighted by molar-refractivity contribution is 9.10. The maximum absolute atomic E-state index is 12.2. The van der Waals surface area contributed by atoms with Crippen molar-refractivity contribution < 1.29 is 17.4 Å². The largest absolute Gasteiger partial charge is 0.378 e. The Kier molecular flexibility index (Phi) is 4.64. The number of carbonyl (C=O) groups is 1. The van der Waals surface area contributed by atoms with Gasteiger partial charge in [0.2, 0.25) is 0 Å². The van der Waals surface area contributed by atoms with Crippen LogP contribution in [0.4, 0.5) is 0 Å². The van der Waals surface area contributed by atoms with Gasteiger partial charge in [-0.2, -0.15) is 13.7 Å². The summed E-state index contributed by atoms with van der Waals surface area (Å²) in [5.41, 5.74) is 0.499. The Morgan fingerprint density at radius 3 is 2.36 bits per heavy atom. The summed E-state index contributed by atoms with van der Waals surface area (Å²) in [5, 5.41) is 8.72. The van der Waals surface area contributed by atoms with E-state index < -0.39 is 10.1 Å². The molecule has 0 amide bonds. The second kappa shape index (κ2) is 6.30. The van der Waals surface area contributed by atoms with Crippen molar-refractivity contribution in [2.75, 3.05) is 0 Å². The van der Waals surface area contributed by atoms with Crippen LogP contribution in [0.25, 0.3) is 0 Å². The second-order valence-electron chi connectivity index (χ2n) is 4.37. The minimum Gasteiger partial charge on any atom is -0.378 e. The maximum Gasteiger partial charge on any atom is 0.339 e. The van der Waals surface area contributed by atoms with Crippen molar-refractivity contribution in [3.63, 3.8) is 0 Å². The molecular weight excluding hydrogens is 370 g/mol. The Morgan fingerprint density at radius 1 is 1.18 bits per heavy atom. The van der Waals surface area contributed by atoms with E-state index in [1.165, 1.54) is 43.3 Å². The van der Waals surface area contributed by atoms with E-state index in [0.717, 1.165) is 0 Å². The molecule has 0 radical (unpaired) electrons. The third-order valence-corrected chi connectivity index (χ3v) is 4.53. The quantitative estimate of drug-likeness (QED) is 0.600. The monoisotopic (exact) mass is 379 g/mol. The number of hydrogen-bond donors (Lipinski definition) is 0. The van der Waals surface area contributed by atoms with E-state index in [1.807, 2.05) is 6.07 Å². The lowest BCUT2D eigenvalue weighted by molar-refractivity contribution is 0.101. The molecule has 112 valence electrons. The van der Waals surface area contributed by atoms with Crippen LogP contribution < -0.4 is 4.18 Å². The fraction of sp³-hybridized carbons (Fsp3) is 0.0667. The molecule has 0 fully saturated rings. The van der Waals surface area contributed by atoms with Crippen molar-refractivity contribution in [1.29, 1.82) is 5.26 Å². The molecule has 0 bridgehead atoms. The van der Waals surface area contributed by atoms with E-state index in [9.17, 15) is 13.2 Å². The van der Waals surface area contributed by atoms with Crippen molar-refractivity contribution in [3.8, 4) is 11.8 Å². The molecule has 0 aromatic heterocycles. The van der Waals surface area contributed by atoms with E-state index in [2.05, 4.69) is 15.9 Å². The first-order valence-corrected chi connectivity index (χ1v) is 8.29. The number of nitriles is 1. The Morgan fingerprint density at radius 2 is 1.82 bits per heavy atom. The van der Waals surface area contributed by atoms with Gasteiger partial charge in [0.05, 0.1) is 17.2 Å². The number of carbonyl (C=O) groups excluding carboxylic acids is 1. The number of nitrogens with zero attached hydrogens (tertiary/aromatic N) is 1. The summed E-state index contributed by atoms with van der Waals surface area (Å²) in [4.78, 5) is 11.5. The minimum atomic E-state index is -4.08. The average Bonchev–Trinajstić information content (AvgIpc) is 2.48. The minimum absolute atomic E-state index is 0.0416. The molecule has 5 nitrogen and oxygen atoms in total. The lowest BCUT2D eigenvalue weighted by atomic mass is 10.1. The fourth-order valence-corrected chi connectivity index (χ4v) is 3.02. The van der Waals surface area contributed by atoms with Gasteiger partial charge in [0.1, 0.15) is 4.90 Å². The van der Waals surface area contributed by atoms with Gasteiger partial charge in [0, 0.05) is 4.47 Å². The lowest BCUT2D eigenvalue weighted by Crippen LogP contribution is -2.12. The summed E-state index contributed by atoms with van der Waals surface area (Å²) in [6, 6.07) is 11.7. The van der Waals surface area contributed by atoms with Gasteiger partial charge in [-0.05, 0) is 49.4 Å². The van der Waals surface area contributed by atoms with Crippen LogP contribution >= 0.6 is 15.9 Å². The molecule has 2 aromatic carbocycles. The molecule has 0 saturated carbocycles. The summed E-state index contributed by atoms with van der Waals surface area (Å²) in [6.07, 6.45) is 0. The molecule has 0 N–H and O–H groups in total. The van der Waals surface area contributed by atoms with Crippen LogP contribution in [-0.2, 0) is 10.1 Å². The molecule has 0 atom stereocenters. The molecule has 0 saturated heterocycles. The highest BCUT2D eigenvalue weighted by Gasteiger charge is 2.20. The van der Waals surface area contributed by atoms with E-state index in [0.29, 0.717) is 10.0 Å². The predicted molar refractivity (Wildman–Crippen MR) is 83.1 cm³/mol. The smallest absolute Gasteiger partial charge is 0.339 e. The van der Waals surface area contributed by atoms with Gasteiger partial charge in [0.25, 0.3) is 0 Å². The summed E-state index contributed by atoms with van der Waals surface area (Å²) < 4.78 is 30.2. The molecule has 2 aromatic rings. The van der Waals surface area contributed by atoms with Crippen LogP contribution in [0.5, 0.6) is 5.75 Å². The second-order valence-corrected chi connectivity index (χ2v) is 6.83. The van der Waals surface area contributed by atoms with Crippen molar-refractivity contribution in [3.05, 3.63) is 58.1 Å². The van der Waals surface area contributed by atoms with Crippen LogP contribution in [0.3, 0.4) is 0 Å². The zero-order valence-electron chi connectivity index (χ0n) is 11.4. The van der Waals surface area contributed by atoms with Crippen LogP contribution in [0.15, 0.2) is 51.8 Å². The number of halogens is 1. The number of rotatable bonds is 4. The topological polar surface area (TPSA) is 84.2 Å². The Labute approximate surface area is 136 Å². The molecule has 7 heteroatoms. The van der Waals surface area contributed by atoms with Crippen LogP contribution in [0.2, 0.25) is 0 Å². The molecule has 0 unspecified atom stereocenters. The molecule has 0 heterocycles. The van der Waals surface area contributed by atoms with Gasteiger partial charge in [-0.1, -0.05) is 15.9 Å². The van der Waals surface area contributed by atoms with Gasteiger partial charge in [0.15, 0.2) is 11.5 Å². The van der Waals surface area contributed by atoms with E-state index >= 15 is 0 Å². The molecule has 22 heavy (non-hydrogen) atoms. The van der Waals surface area contributed by atoms with E-state index in [4.69, 9.17) is 9.44 Å². The van der Waals surface area contributed by atoms with Crippen molar-refractivity contribution >= 4 is 31.8 Å². The van der Waals surface area contributed by atoms with Crippen molar-refractivity contribution in [1.82, 2.24) is 0 Å². The van der Waals surface area contributed by atoms with Crippen LogP contribution in [-0.4, -0.2) is 14.2 Å². The van der Waals surface area contributed by atoms with Crippen molar-refractivity contribution in [2.24, 2.45) is 0 Å². The lowest BCUT2D eigenvalue weighted by Gasteiger charge is -2.10. The number of benzene rings is 2. The molecular formula is C15H10BrNO4S. The normalized spacial score (nSPS) is 10.8. The van der Waals surface area contributed by atoms with Crippen LogP contribution in [0.1, 0.15) is 22.8 Å². The fourth-order valence-electron chi connectivity index (χ4n) is 1.71. The highest BCUT2D eigenvalue weighted by Crippen LogP contribution is 2.27. The summed E-state index contributed by atoms with van der Waals surface area (Å²) in [5.74, 6) is -0.355. The first-order valence-electron chi connectivity index (χ1n) is 6.08. The molecule has 0 aliphatic heterocycles. The highest BCUT2D eigenvalue weighted by atomic mass is 79.9. The molecule has 0 spiro atoms. The molecule has 2 rings (SSSR count).